The van der Waals surface area contributed by atoms with E-state index in [0.29, 0.717) is 31.6 Å². The number of pyridine rings is 1. The maximum absolute atomic E-state index is 14.2. The maximum atomic E-state index is 14.2. The summed E-state index contributed by atoms with van der Waals surface area (Å²) in [7, 11) is 0. The normalized spacial score (nSPS) is 21.0. The number of carbonyl (C=O) groups excluding carboxylic acids is 1. The number of rotatable bonds is 7. The molecule has 40 heavy (non-hydrogen) atoms. The third-order valence-electron chi connectivity index (χ3n) is 8.40. The highest BCUT2D eigenvalue weighted by Gasteiger charge is 2.30. The molecule has 3 aromatic rings. The number of hydrogen-bond donors (Lipinski definition) is 1. The van der Waals surface area contributed by atoms with Crippen molar-refractivity contribution in [1.82, 2.24) is 19.4 Å². The lowest BCUT2D eigenvalue weighted by Crippen LogP contribution is -2.47. The van der Waals surface area contributed by atoms with Gasteiger partial charge in [-0.05, 0) is 86.5 Å². The van der Waals surface area contributed by atoms with Gasteiger partial charge in [0.25, 0.3) is 5.56 Å². The van der Waals surface area contributed by atoms with Gasteiger partial charge in [-0.2, -0.15) is 11.8 Å². The minimum Gasteiger partial charge on any atom is -0.353 e. The number of fused-ring (bicyclic) bond motifs is 1. The number of nitrogens with zero attached hydrogens (tertiary/aromatic N) is 3. The van der Waals surface area contributed by atoms with Gasteiger partial charge in [0.15, 0.2) is 0 Å². The molecule has 0 radical (unpaired) electrons. The number of hydrogen-bond acceptors (Lipinski definition) is 5. The van der Waals surface area contributed by atoms with Gasteiger partial charge in [0.2, 0.25) is 5.91 Å². The molecule has 1 aromatic carbocycles. The highest BCUT2D eigenvalue weighted by Crippen LogP contribution is 2.30. The van der Waals surface area contributed by atoms with Crippen LogP contribution >= 0.6 is 11.8 Å². The van der Waals surface area contributed by atoms with Crippen LogP contribution in [0, 0.1) is 11.7 Å². The highest BCUT2D eigenvalue weighted by atomic mass is 32.2. The molecule has 2 aromatic heterocycles. The number of amides is 1. The number of halogens is 1. The zero-order valence-electron chi connectivity index (χ0n) is 23.6. The summed E-state index contributed by atoms with van der Waals surface area (Å²) >= 11 is 1.85. The molecule has 7 nitrogen and oxygen atoms in total. The van der Waals surface area contributed by atoms with Gasteiger partial charge < -0.3 is 5.32 Å². The minimum absolute atomic E-state index is 0.0120. The molecular formula is C31H39FN4O3S. The van der Waals surface area contributed by atoms with Crippen LogP contribution in [0.4, 0.5) is 4.39 Å². The molecule has 1 N–H and O–H groups in total. The molecule has 5 rings (SSSR count). The summed E-state index contributed by atoms with van der Waals surface area (Å²) in [6.45, 7) is 6.31. The van der Waals surface area contributed by atoms with Gasteiger partial charge >= 0.3 is 5.69 Å². The third kappa shape index (κ3) is 6.04. The molecule has 1 aliphatic carbocycles. The Kier molecular flexibility index (Phi) is 8.78. The quantitative estimate of drug-likeness (QED) is 0.416. The Morgan fingerprint density at radius 1 is 1.00 bits per heavy atom. The molecule has 0 spiro atoms. The summed E-state index contributed by atoms with van der Waals surface area (Å²) in [6, 6.07) is 9.12. The van der Waals surface area contributed by atoms with E-state index in [1.54, 1.807) is 4.57 Å². The second kappa shape index (κ2) is 12.3. The average Bonchev–Trinajstić information content (AvgIpc) is 2.95. The third-order valence-corrected chi connectivity index (χ3v) is 9.45. The van der Waals surface area contributed by atoms with Crippen molar-refractivity contribution in [3.8, 4) is 0 Å². The summed E-state index contributed by atoms with van der Waals surface area (Å²) in [6.07, 6.45) is 6.24. The van der Waals surface area contributed by atoms with Crippen molar-refractivity contribution in [1.29, 1.82) is 0 Å². The first-order valence-electron chi connectivity index (χ1n) is 14.5. The number of nitrogens with one attached hydrogen (secondary N) is 1. The molecule has 1 atom stereocenters. The summed E-state index contributed by atoms with van der Waals surface area (Å²) in [5.74, 6) is 1.59. The number of carbonyl (C=O) groups is 1. The van der Waals surface area contributed by atoms with E-state index in [0.717, 1.165) is 42.5 Å². The van der Waals surface area contributed by atoms with Crippen LogP contribution < -0.4 is 16.6 Å². The van der Waals surface area contributed by atoms with Crippen molar-refractivity contribution >= 4 is 28.7 Å². The molecule has 9 heteroatoms. The first-order chi connectivity index (χ1) is 19.2. The van der Waals surface area contributed by atoms with Crippen molar-refractivity contribution in [2.24, 2.45) is 5.92 Å². The van der Waals surface area contributed by atoms with Crippen LogP contribution in [0.5, 0.6) is 0 Å². The number of benzene rings is 1. The van der Waals surface area contributed by atoms with Gasteiger partial charge in [0.1, 0.15) is 11.5 Å². The molecule has 0 bridgehead atoms. The molecule has 2 fully saturated rings. The van der Waals surface area contributed by atoms with Gasteiger partial charge in [-0.3, -0.25) is 18.7 Å². The number of thioether (sulfide) groups is 1. The molecular weight excluding hydrogens is 527 g/mol. The smallest absolute Gasteiger partial charge is 0.333 e. The van der Waals surface area contributed by atoms with E-state index in [9.17, 15) is 18.8 Å². The van der Waals surface area contributed by atoms with E-state index in [4.69, 9.17) is 0 Å². The van der Waals surface area contributed by atoms with Crippen LogP contribution in [0.1, 0.15) is 88.4 Å². The zero-order valence-corrected chi connectivity index (χ0v) is 24.4. The molecule has 1 saturated heterocycles. The lowest BCUT2D eigenvalue weighted by molar-refractivity contribution is -0.123. The Morgan fingerprint density at radius 3 is 2.30 bits per heavy atom. The van der Waals surface area contributed by atoms with Crippen molar-refractivity contribution in [3.63, 3.8) is 0 Å². The van der Waals surface area contributed by atoms with Crippen molar-refractivity contribution in [3.05, 3.63) is 74.3 Å². The molecule has 3 heterocycles. The first-order valence-corrected chi connectivity index (χ1v) is 15.7. The van der Waals surface area contributed by atoms with Gasteiger partial charge in [0.05, 0.1) is 17.5 Å². The Balaban J connectivity index is 1.31. The lowest BCUT2D eigenvalue weighted by Gasteiger charge is -2.32. The Hall–Kier alpha value is -2.94. The standard InChI is InChI=1S/C31H39FN4O3S/c1-19(2)16-21-4-6-22(7-5-21)20(3)29(37)34-24-8-10-25(11-9-24)36-30(38)27-17-23(32)18-33-28(27)35(31(36)39)26-12-14-40-15-13-26/h4-7,17-20,24-26H,8-16H2,1-3H3,(H,34,37)/t20?,24-,25+. The van der Waals surface area contributed by atoms with Crippen LogP contribution in [0.25, 0.3) is 11.0 Å². The van der Waals surface area contributed by atoms with Crippen molar-refractivity contribution < 1.29 is 9.18 Å². The number of aromatic nitrogens is 3. The summed E-state index contributed by atoms with van der Waals surface area (Å²) < 4.78 is 17.1. The lowest BCUT2D eigenvalue weighted by atomic mass is 9.90. The molecule has 1 unspecified atom stereocenters. The van der Waals surface area contributed by atoms with Crippen molar-refractivity contribution in [2.45, 2.75) is 89.8 Å². The monoisotopic (exact) mass is 566 g/mol. The van der Waals surface area contributed by atoms with Crippen LogP contribution in [0.2, 0.25) is 0 Å². The summed E-state index contributed by atoms with van der Waals surface area (Å²) in [5, 5.41) is 3.35. The average molecular weight is 567 g/mol. The fraction of sp³-hybridized carbons (Fsp3) is 0.548. The second-order valence-corrected chi connectivity index (χ2v) is 13.0. The van der Waals surface area contributed by atoms with E-state index in [1.807, 2.05) is 30.8 Å². The van der Waals surface area contributed by atoms with E-state index in [-0.39, 0.29) is 46.7 Å². The molecule has 1 aliphatic heterocycles. The molecule has 2 aliphatic rings. The Bertz CT molecular complexity index is 1470. The topological polar surface area (TPSA) is 86.0 Å². The van der Waals surface area contributed by atoms with Crippen LogP contribution in [0.15, 0.2) is 46.1 Å². The largest absolute Gasteiger partial charge is 0.353 e. The molecule has 1 saturated carbocycles. The predicted octanol–water partition coefficient (Wildman–Crippen LogP) is 5.37. The van der Waals surface area contributed by atoms with E-state index in [2.05, 4.69) is 36.3 Å². The van der Waals surface area contributed by atoms with Crippen molar-refractivity contribution in [2.75, 3.05) is 11.5 Å². The van der Waals surface area contributed by atoms with Gasteiger partial charge in [-0.1, -0.05) is 38.1 Å². The fourth-order valence-corrected chi connectivity index (χ4v) is 7.25. The van der Waals surface area contributed by atoms with Crippen LogP contribution in [-0.2, 0) is 11.2 Å². The molecule has 1 amide bonds. The Morgan fingerprint density at radius 2 is 1.65 bits per heavy atom. The van der Waals surface area contributed by atoms with E-state index in [1.165, 1.54) is 16.2 Å². The Labute approximate surface area is 238 Å². The van der Waals surface area contributed by atoms with E-state index >= 15 is 0 Å². The minimum atomic E-state index is -0.587. The molecule has 214 valence electrons. The highest BCUT2D eigenvalue weighted by molar-refractivity contribution is 7.99. The van der Waals surface area contributed by atoms with Gasteiger partial charge in [-0.15, -0.1) is 0 Å². The zero-order chi connectivity index (χ0) is 28.4. The van der Waals surface area contributed by atoms with Crippen LogP contribution in [-0.4, -0.2) is 37.6 Å². The SMILES string of the molecule is CC(C)Cc1ccc(C(C)C(=O)N[C@H]2CC[C@@H](n3c(=O)c4cc(F)cnc4n(C4CCSCC4)c3=O)CC2)cc1. The summed E-state index contributed by atoms with van der Waals surface area (Å²) in [4.78, 5) is 44.5. The predicted molar refractivity (Wildman–Crippen MR) is 159 cm³/mol. The van der Waals surface area contributed by atoms with Gasteiger partial charge in [-0.25, -0.2) is 14.2 Å². The maximum Gasteiger partial charge on any atom is 0.333 e. The fourth-order valence-electron chi connectivity index (χ4n) is 6.17. The van der Waals surface area contributed by atoms with Gasteiger partial charge in [0, 0.05) is 18.1 Å². The second-order valence-electron chi connectivity index (χ2n) is 11.8. The van der Waals surface area contributed by atoms with Crippen LogP contribution in [0.3, 0.4) is 0 Å². The summed E-state index contributed by atoms with van der Waals surface area (Å²) in [5.41, 5.74) is 1.71. The van der Waals surface area contributed by atoms with E-state index < -0.39 is 11.4 Å². The first kappa shape index (κ1) is 28.6.